The highest BCUT2D eigenvalue weighted by Crippen LogP contribution is 2.29. The van der Waals surface area contributed by atoms with E-state index in [1.165, 1.54) is 0 Å². The first-order chi connectivity index (χ1) is 11.2. The van der Waals surface area contributed by atoms with Gasteiger partial charge in [0.1, 0.15) is 6.10 Å². The third-order valence-electron chi connectivity index (χ3n) is 4.20. The van der Waals surface area contributed by atoms with Crippen LogP contribution in [-0.4, -0.2) is 18.6 Å². The minimum atomic E-state index is -0.284. The van der Waals surface area contributed by atoms with Crippen LogP contribution < -0.4 is 11.1 Å². The highest BCUT2D eigenvalue weighted by Gasteiger charge is 2.31. The first-order valence-corrected chi connectivity index (χ1v) is 8.00. The lowest BCUT2D eigenvalue weighted by Crippen LogP contribution is -2.38. The number of ether oxygens (including phenoxy) is 1. The fraction of sp³-hybridized carbons (Fsp3) is 0.316. The largest absolute Gasteiger partial charge is 0.371 e. The highest BCUT2D eigenvalue weighted by atomic mass is 16.5. The number of nitrogens with two attached hydrogens (primary N) is 1. The Morgan fingerprint density at radius 1 is 1.13 bits per heavy atom. The number of hydrogen-bond acceptors (Lipinski definition) is 3. The summed E-state index contributed by atoms with van der Waals surface area (Å²) < 4.78 is 5.80. The molecule has 3 rings (SSSR count). The molecule has 2 aromatic carbocycles. The van der Waals surface area contributed by atoms with Crippen LogP contribution in [0.5, 0.6) is 0 Å². The summed E-state index contributed by atoms with van der Waals surface area (Å²) in [5, 5.41) is 3.08. The predicted molar refractivity (Wildman–Crippen MR) is 89.7 cm³/mol. The van der Waals surface area contributed by atoms with Gasteiger partial charge < -0.3 is 15.8 Å². The molecule has 1 heterocycles. The smallest absolute Gasteiger partial charge is 0.222 e. The molecule has 1 aliphatic rings. The van der Waals surface area contributed by atoms with Gasteiger partial charge in [0, 0.05) is 19.1 Å². The third-order valence-corrected chi connectivity index (χ3v) is 4.20. The van der Waals surface area contributed by atoms with Crippen molar-refractivity contribution in [1.82, 2.24) is 5.32 Å². The normalized spacial score (nSPS) is 21.8. The molecule has 0 spiro atoms. The average molecular weight is 310 g/mol. The van der Waals surface area contributed by atoms with Crippen LogP contribution in [0.2, 0.25) is 0 Å². The summed E-state index contributed by atoms with van der Waals surface area (Å²) in [5.74, 6) is -0.0298. The van der Waals surface area contributed by atoms with Crippen molar-refractivity contribution in [2.24, 2.45) is 5.73 Å². The van der Waals surface area contributed by atoms with Crippen molar-refractivity contribution in [3.8, 4) is 0 Å². The Kier molecular flexibility index (Phi) is 5.05. The Hall–Kier alpha value is -2.17. The second kappa shape index (κ2) is 7.40. The van der Waals surface area contributed by atoms with E-state index in [1.807, 2.05) is 60.7 Å². The van der Waals surface area contributed by atoms with Crippen LogP contribution in [0.3, 0.4) is 0 Å². The van der Waals surface area contributed by atoms with E-state index >= 15 is 0 Å². The Morgan fingerprint density at radius 2 is 1.78 bits per heavy atom. The van der Waals surface area contributed by atoms with Crippen LogP contribution in [0, 0.1) is 0 Å². The Balaban J connectivity index is 1.59. The first kappa shape index (κ1) is 15.7. The summed E-state index contributed by atoms with van der Waals surface area (Å²) in [6.45, 7) is 0.662. The van der Waals surface area contributed by atoms with Gasteiger partial charge in [-0.05, 0) is 17.5 Å². The molecule has 1 saturated heterocycles. The van der Waals surface area contributed by atoms with Crippen molar-refractivity contribution < 1.29 is 9.53 Å². The molecule has 2 aromatic rings. The lowest BCUT2D eigenvalue weighted by Gasteiger charge is -2.21. The maximum absolute atomic E-state index is 12.3. The topological polar surface area (TPSA) is 64.4 Å². The Morgan fingerprint density at radius 3 is 2.48 bits per heavy atom. The first-order valence-electron chi connectivity index (χ1n) is 8.00. The van der Waals surface area contributed by atoms with E-state index in [-0.39, 0.29) is 30.5 Å². The molecule has 1 amide bonds. The van der Waals surface area contributed by atoms with Gasteiger partial charge in [-0.25, -0.2) is 0 Å². The van der Waals surface area contributed by atoms with E-state index in [4.69, 9.17) is 10.5 Å². The molecular weight excluding hydrogens is 288 g/mol. The maximum atomic E-state index is 12.3. The third kappa shape index (κ3) is 3.97. The van der Waals surface area contributed by atoms with E-state index in [0.29, 0.717) is 6.61 Å². The monoisotopic (exact) mass is 310 g/mol. The van der Waals surface area contributed by atoms with Crippen molar-refractivity contribution in [2.75, 3.05) is 6.61 Å². The van der Waals surface area contributed by atoms with Crippen LogP contribution in [-0.2, 0) is 9.53 Å². The number of nitrogens with one attached hydrogen (secondary N) is 1. The van der Waals surface area contributed by atoms with E-state index in [9.17, 15) is 4.79 Å². The highest BCUT2D eigenvalue weighted by molar-refractivity contribution is 5.77. The van der Waals surface area contributed by atoms with Gasteiger partial charge in [0.2, 0.25) is 5.91 Å². The van der Waals surface area contributed by atoms with Crippen LogP contribution in [0.15, 0.2) is 60.7 Å². The number of rotatable bonds is 5. The molecule has 1 aliphatic heterocycles. The molecule has 3 atom stereocenters. The lowest BCUT2D eigenvalue weighted by molar-refractivity contribution is -0.122. The molecule has 4 nitrogen and oxygen atoms in total. The van der Waals surface area contributed by atoms with Crippen molar-refractivity contribution in [3.63, 3.8) is 0 Å². The summed E-state index contributed by atoms with van der Waals surface area (Å²) in [6, 6.07) is 19.4. The molecule has 120 valence electrons. The SMILES string of the molecule is NC(CC(=O)NC1CCOC1c1ccccc1)c1ccccc1. The van der Waals surface area contributed by atoms with Gasteiger partial charge in [0.25, 0.3) is 0 Å². The zero-order valence-electron chi connectivity index (χ0n) is 13.0. The zero-order valence-corrected chi connectivity index (χ0v) is 13.0. The number of benzene rings is 2. The van der Waals surface area contributed by atoms with Gasteiger partial charge in [0.15, 0.2) is 0 Å². The van der Waals surface area contributed by atoms with Crippen molar-refractivity contribution >= 4 is 5.91 Å². The molecule has 0 aliphatic carbocycles. The van der Waals surface area contributed by atoms with Crippen LogP contribution in [0.4, 0.5) is 0 Å². The van der Waals surface area contributed by atoms with E-state index < -0.39 is 0 Å². The standard InChI is InChI=1S/C19H22N2O2/c20-16(14-7-3-1-4-8-14)13-18(22)21-17-11-12-23-19(17)15-9-5-2-6-10-15/h1-10,16-17,19H,11-13,20H2,(H,21,22). The molecular formula is C19H22N2O2. The van der Waals surface area contributed by atoms with Gasteiger partial charge in [-0.3, -0.25) is 4.79 Å². The average Bonchev–Trinajstić information content (AvgIpc) is 3.04. The zero-order chi connectivity index (χ0) is 16.1. The van der Waals surface area contributed by atoms with Crippen molar-refractivity contribution in [3.05, 3.63) is 71.8 Å². The number of carbonyl (C=O) groups is 1. The van der Waals surface area contributed by atoms with Gasteiger partial charge in [-0.1, -0.05) is 60.7 Å². The molecule has 23 heavy (non-hydrogen) atoms. The van der Waals surface area contributed by atoms with Crippen LogP contribution >= 0.6 is 0 Å². The lowest BCUT2D eigenvalue weighted by atomic mass is 10.0. The molecule has 3 unspecified atom stereocenters. The second-order valence-corrected chi connectivity index (χ2v) is 5.89. The van der Waals surface area contributed by atoms with Gasteiger partial charge in [0.05, 0.1) is 6.04 Å². The predicted octanol–water partition coefficient (Wildman–Crippen LogP) is 2.72. The molecule has 1 fully saturated rings. The van der Waals surface area contributed by atoms with E-state index in [0.717, 1.165) is 17.5 Å². The number of hydrogen-bond donors (Lipinski definition) is 2. The Bertz CT molecular complexity index is 630. The maximum Gasteiger partial charge on any atom is 0.222 e. The summed E-state index contributed by atoms with van der Waals surface area (Å²) in [6.07, 6.45) is 1.03. The van der Waals surface area contributed by atoms with Crippen LogP contribution in [0.1, 0.15) is 36.1 Å². The number of amides is 1. The summed E-state index contributed by atoms with van der Waals surface area (Å²) in [5.41, 5.74) is 8.20. The molecule has 0 saturated carbocycles. The van der Waals surface area contributed by atoms with E-state index in [1.54, 1.807) is 0 Å². The quantitative estimate of drug-likeness (QED) is 0.892. The Labute approximate surface area is 136 Å². The fourth-order valence-corrected chi connectivity index (χ4v) is 2.99. The van der Waals surface area contributed by atoms with Gasteiger partial charge in [-0.2, -0.15) is 0 Å². The van der Waals surface area contributed by atoms with Crippen molar-refractivity contribution in [2.45, 2.75) is 31.0 Å². The summed E-state index contributed by atoms with van der Waals surface area (Å²) in [7, 11) is 0. The second-order valence-electron chi connectivity index (χ2n) is 5.89. The van der Waals surface area contributed by atoms with Crippen molar-refractivity contribution in [1.29, 1.82) is 0 Å². The minimum absolute atomic E-state index is 0.00729. The number of carbonyl (C=O) groups excluding carboxylic acids is 1. The molecule has 0 aromatic heterocycles. The molecule has 4 heteroatoms. The van der Waals surface area contributed by atoms with Gasteiger partial charge in [-0.15, -0.1) is 0 Å². The summed E-state index contributed by atoms with van der Waals surface area (Å²) in [4.78, 5) is 12.3. The minimum Gasteiger partial charge on any atom is -0.371 e. The molecule has 0 radical (unpaired) electrons. The summed E-state index contributed by atoms with van der Waals surface area (Å²) >= 11 is 0. The fourth-order valence-electron chi connectivity index (χ4n) is 2.99. The molecule has 0 bridgehead atoms. The molecule has 3 N–H and O–H groups in total. The van der Waals surface area contributed by atoms with E-state index in [2.05, 4.69) is 5.32 Å². The van der Waals surface area contributed by atoms with Crippen LogP contribution in [0.25, 0.3) is 0 Å². The van der Waals surface area contributed by atoms with Gasteiger partial charge >= 0.3 is 0 Å².